The number of aliphatic hydroxyl groups is 1. The van der Waals surface area contributed by atoms with Gasteiger partial charge in [0.25, 0.3) is 0 Å². The number of hydrogen-bond donors (Lipinski definition) is 1. The van der Waals surface area contributed by atoms with Crippen LogP contribution >= 0.6 is 0 Å². The third kappa shape index (κ3) is 15.9. The molecule has 0 aromatic rings. The molecule has 1 N–H and O–H groups in total. The summed E-state index contributed by atoms with van der Waals surface area (Å²) in [5, 5.41) is 10.5. The second kappa shape index (κ2) is 26.5. The van der Waals surface area contributed by atoms with Crippen molar-refractivity contribution in [3.63, 3.8) is 0 Å². The number of esters is 9. The zero-order valence-electron chi connectivity index (χ0n) is 48.5. The molecule has 0 spiro atoms. The standard InChI is InChI=1S/C16H24O2.C14H16O6.C14H20O3.C9H12F2O4.C8H10O4/c1-4-16(18-15(17)10(2)3)13-6-11-5-12(8-13)9-14(16)7-11;1-6(2)13(16)18-5-10(15)19-11-7-3-8-9(4-7)14(17)20-12(8)11;1-9(2)12(15)17-14-6-10-3-11(7-14)5-13(16,4-10)8-14;1-6(2)7(12)14-4-5-15-8(13)9(3,10)11;1-5(2)7(9)12-6-3-4-11-8(6)10/h11-14H,2,4-9H2,1,3H3;7-9,11-12H,1,3-5H2,2H3;10-11,16H,1,3-8H2,2H3;1,4-5H2,2-3H3;6H,1,3-4H2,2H3. The molecule has 82 heavy (non-hydrogen) atoms. The monoisotopic (exact) mass is 1160 g/mol. The van der Waals surface area contributed by atoms with Crippen molar-refractivity contribution in [1.82, 2.24) is 0 Å². The molecule has 12 rings (SSSR count). The van der Waals surface area contributed by atoms with Crippen molar-refractivity contribution in [2.75, 3.05) is 26.4 Å². The Morgan fingerprint density at radius 1 is 0.634 bits per heavy atom. The highest BCUT2D eigenvalue weighted by atomic mass is 19.3. The molecule has 10 bridgehead atoms. The minimum atomic E-state index is -3.53. The lowest BCUT2D eigenvalue weighted by Crippen LogP contribution is -2.60. The topological polar surface area (TPSA) is 257 Å². The Morgan fingerprint density at radius 3 is 1.63 bits per heavy atom. The third-order valence-electron chi connectivity index (χ3n) is 17.4. The number of carbonyl (C=O) groups is 9. The van der Waals surface area contributed by atoms with Gasteiger partial charge in [-0.25, -0.2) is 38.4 Å². The van der Waals surface area contributed by atoms with E-state index in [1.165, 1.54) is 59.3 Å². The average Bonchev–Trinajstić information content (AvgIpc) is 2.66. The fourth-order valence-electron chi connectivity index (χ4n) is 14.4. The Balaban J connectivity index is 0.000000167. The van der Waals surface area contributed by atoms with Crippen LogP contribution in [0.4, 0.5) is 8.78 Å². The van der Waals surface area contributed by atoms with Crippen molar-refractivity contribution in [3.8, 4) is 0 Å². The van der Waals surface area contributed by atoms with Crippen LogP contribution in [0.15, 0.2) is 60.8 Å². The predicted molar refractivity (Wildman–Crippen MR) is 287 cm³/mol. The van der Waals surface area contributed by atoms with Crippen molar-refractivity contribution in [2.24, 2.45) is 53.3 Å². The molecule has 8 unspecified atom stereocenters. The van der Waals surface area contributed by atoms with Gasteiger partial charge in [0.1, 0.15) is 36.6 Å². The fraction of sp³-hybridized carbons (Fsp3) is 0.689. The molecule has 10 saturated carbocycles. The number of hydrogen-bond acceptors (Lipinski definition) is 19. The van der Waals surface area contributed by atoms with Crippen LogP contribution in [-0.4, -0.2) is 126 Å². The molecule has 12 fully saturated rings. The van der Waals surface area contributed by atoms with Crippen LogP contribution in [0, 0.1) is 53.3 Å². The summed E-state index contributed by atoms with van der Waals surface area (Å²) in [6.45, 7) is 27.2. The first-order valence-corrected chi connectivity index (χ1v) is 28.4. The van der Waals surface area contributed by atoms with Gasteiger partial charge in [0.15, 0.2) is 6.61 Å². The second-order valence-corrected chi connectivity index (χ2v) is 24.6. The molecule has 12 aliphatic rings. The molecule has 2 saturated heterocycles. The smallest absolute Gasteiger partial charge is 0.376 e. The first-order valence-electron chi connectivity index (χ1n) is 28.4. The van der Waals surface area contributed by atoms with Crippen LogP contribution < -0.4 is 0 Å². The molecule has 454 valence electrons. The molecule has 19 nitrogen and oxygen atoms in total. The SMILES string of the molecule is C=C(C)C(=O)OC1(CC)C2CC3CC(C2)CC1C3.C=C(C)C(=O)OC12CC3CC(CC(O)(C3)C1)C2.C=C(C)C(=O)OC1CCOC1=O.C=C(C)C(=O)OCC(=O)OC1C2CC3C(=O)OC1C3C2.C=C(C)C(=O)OCCOC(=O)C(C)(F)F. The second-order valence-electron chi connectivity index (χ2n) is 24.6. The van der Waals surface area contributed by atoms with Gasteiger partial charge >= 0.3 is 59.6 Å². The number of ether oxygens (including phenoxy) is 9. The Hall–Kier alpha value is -6.25. The average molecular weight is 1160 g/mol. The molecule has 0 aromatic carbocycles. The molecule has 2 heterocycles. The van der Waals surface area contributed by atoms with Crippen molar-refractivity contribution in [2.45, 2.75) is 186 Å². The summed E-state index contributed by atoms with van der Waals surface area (Å²) in [6.07, 6.45) is 13.6. The first kappa shape index (κ1) is 64.9. The van der Waals surface area contributed by atoms with Crippen molar-refractivity contribution < 1.29 is 99.7 Å². The molecule has 0 radical (unpaired) electrons. The lowest BCUT2D eigenvalue weighted by molar-refractivity contribution is -0.217. The van der Waals surface area contributed by atoms with E-state index in [1.807, 2.05) is 0 Å². The largest absolute Gasteiger partial charge is 0.463 e. The predicted octanol–water partition coefficient (Wildman–Crippen LogP) is 8.22. The van der Waals surface area contributed by atoms with Gasteiger partial charge in [-0.2, -0.15) is 8.78 Å². The van der Waals surface area contributed by atoms with E-state index in [-0.39, 0.29) is 70.7 Å². The highest BCUT2D eigenvalue weighted by Gasteiger charge is 2.64. The van der Waals surface area contributed by atoms with E-state index in [4.69, 9.17) is 28.4 Å². The minimum absolute atomic E-state index is 0.0128. The molecule has 8 atom stereocenters. The Labute approximate surface area is 478 Å². The van der Waals surface area contributed by atoms with Crippen molar-refractivity contribution in [3.05, 3.63) is 60.8 Å². The zero-order chi connectivity index (χ0) is 60.8. The van der Waals surface area contributed by atoms with Gasteiger partial charge in [0, 0.05) is 59.5 Å². The van der Waals surface area contributed by atoms with Crippen molar-refractivity contribution >= 4 is 53.7 Å². The molecule has 2 aliphatic heterocycles. The van der Waals surface area contributed by atoms with E-state index in [1.54, 1.807) is 13.8 Å². The molecule has 10 aliphatic carbocycles. The van der Waals surface area contributed by atoms with Crippen LogP contribution in [-0.2, 0) is 85.8 Å². The summed E-state index contributed by atoms with van der Waals surface area (Å²) >= 11 is 0. The number of alkyl halides is 2. The van der Waals surface area contributed by atoms with E-state index >= 15 is 0 Å². The lowest BCUT2D eigenvalue weighted by Gasteiger charge is -2.60. The minimum Gasteiger partial charge on any atom is -0.463 e. The van der Waals surface area contributed by atoms with Gasteiger partial charge in [-0.3, -0.25) is 4.79 Å². The maximum atomic E-state index is 12.2. The van der Waals surface area contributed by atoms with E-state index in [0.717, 1.165) is 56.8 Å². The summed E-state index contributed by atoms with van der Waals surface area (Å²) < 4.78 is 69.5. The quantitative estimate of drug-likeness (QED) is 0.0660. The van der Waals surface area contributed by atoms with Gasteiger partial charge in [0.05, 0.1) is 18.1 Å². The molecule has 0 amide bonds. The molecular weight excluding hydrogens is 1070 g/mol. The van der Waals surface area contributed by atoms with Crippen LogP contribution in [0.3, 0.4) is 0 Å². The lowest BCUT2D eigenvalue weighted by atomic mass is 9.49. The van der Waals surface area contributed by atoms with Gasteiger partial charge in [-0.15, -0.1) is 0 Å². The number of halogens is 2. The highest BCUT2D eigenvalue weighted by Crippen LogP contribution is 2.61. The summed E-state index contributed by atoms with van der Waals surface area (Å²) in [5.41, 5.74) is 0.559. The van der Waals surface area contributed by atoms with E-state index in [0.29, 0.717) is 61.2 Å². The third-order valence-corrected chi connectivity index (χ3v) is 17.4. The van der Waals surface area contributed by atoms with E-state index in [2.05, 4.69) is 54.0 Å². The highest BCUT2D eigenvalue weighted by molar-refractivity contribution is 5.90. The summed E-state index contributed by atoms with van der Waals surface area (Å²) in [7, 11) is 0. The van der Waals surface area contributed by atoms with Gasteiger partial charge in [-0.05, 0) is 154 Å². The van der Waals surface area contributed by atoms with Gasteiger partial charge in [-0.1, -0.05) is 39.8 Å². The zero-order valence-corrected chi connectivity index (χ0v) is 48.5. The number of fused-ring (bicyclic) bond motifs is 1. The van der Waals surface area contributed by atoms with Gasteiger partial charge in [0.2, 0.25) is 6.10 Å². The number of cyclic esters (lactones) is 1. The van der Waals surface area contributed by atoms with Crippen LogP contribution in [0.5, 0.6) is 0 Å². The Kier molecular flexibility index (Phi) is 21.0. The first-order chi connectivity index (χ1) is 38.3. The molecular formula is C61H82F2O19. The Bertz CT molecular complexity index is 2520. The van der Waals surface area contributed by atoms with Crippen LogP contribution in [0.2, 0.25) is 0 Å². The summed E-state index contributed by atoms with van der Waals surface area (Å²) in [4.78, 5) is 101. The maximum absolute atomic E-state index is 12.2. The van der Waals surface area contributed by atoms with Crippen LogP contribution in [0.1, 0.15) is 145 Å². The Morgan fingerprint density at radius 2 is 1.15 bits per heavy atom. The van der Waals surface area contributed by atoms with Gasteiger partial charge < -0.3 is 47.7 Å². The maximum Gasteiger partial charge on any atom is 0.376 e. The van der Waals surface area contributed by atoms with E-state index in [9.17, 15) is 57.0 Å². The number of rotatable bonds is 16. The fourth-order valence-corrected chi connectivity index (χ4v) is 14.4. The van der Waals surface area contributed by atoms with Crippen molar-refractivity contribution in [1.29, 1.82) is 0 Å². The van der Waals surface area contributed by atoms with E-state index < -0.39 is 78.4 Å². The number of carbonyl (C=O) groups excluding carboxylic acids is 9. The summed E-state index contributed by atoms with van der Waals surface area (Å²) in [6, 6.07) is 0. The normalized spacial score (nSPS) is 33.7. The molecule has 0 aromatic heterocycles. The molecule has 21 heteroatoms. The summed E-state index contributed by atoms with van der Waals surface area (Å²) in [5.74, 6) is -4.24. The van der Waals surface area contributed by atoms with Crippen LogP contribution in [0.25, 0.3) is 0 Å².